The van der Waals surface area contributed by atoms with Crippen LogP contribution in [0.4, 0.5) is 5.69 Å². The van der Waals surface area contributed by atoms with Gasteiger partial charge in [0.2, 0.25) is 0 Å². The number of benzene rings is 2. The molecule has 1 aromatic heterocycles. The van der Waals surface area contributed by atoms with Crippen LogP contribution in [0.1, 0.15) is 11.1 Å². The van der Waals surface area contributed by atoms with Gasteiger partial charge >= 0.3 is 0 Å². The molecule has 8 heteroatoms. The van der Waals surface area contributed by atoms with E-state index in [0.717, 1.165) is 16.8 Å². The van der Waals surface area contributed by atoms with E-state index in [-0.39, 0.29) is 12.5 Å². The molecule has 0 unspecified atom stereocenters. The Balaban J connectivity index is 1.66. The van der Waals surface area contributed by atoms with Crippen LogP contribution in [0.15, 0.2) is 42.7 Å². The number of nitrogens with one attached hydrogen (secondary N) is 1. The number of ether oxygens (including phenoxy) is 1. The lowest BCUT2D eigenvalue weighted by atomic mass is 10.2. The highest BCUT2D eigenvalue weighted by atomic mass is 35.5. The number of carbonyl (C=O) groups is 1. The number of aryl methyl sites for hydroxylation is 2. The standard InChI is InChI=1S/C17H16ClN5O2/c1-11-3-5-14(8-15(11)23-10-19-21-22-23)20-17(24)9-25-16-6-4-13(18)7-12(16)2/h3-8,10H,9H2,1-2H3,(H,20,24). The molecule has 0 saturated heterocycles. The van der Waals surface area contributed by atoms with Crippen molar-refractivity contribution >= 4 is 23.2 Å². The minimum Gasteiger partial charge on any atom is -0.483 e. The van der Waals surface area contributed by atoms with Crippen LogP contribution >= 0.6 is 11.6 Å². The lowest BCUT2D eigenvalue weighted by Gasteiger charge is -2.11. The average Bonchev–Trinajstić information content (AvgIpc) is 3.10. The third-order valence-electron chi connectivity index (χ3n) is 3.58. The van der Waals surface area contributed by atoms with Gasteiger partial charge in [-0.3, -0.25) is 4.79 Å². The van der Waals surface area contributed by atoms with E-state index in [2.05, 4.69) is 20.8 Å². The van der Waals surface area contributed by atoms with Crippen LogP contribution in [-0.4, -0.2) is 32.7 Å². The monoisotopic (exact) mass is 357 g/mol. The van der Waals surface area contributed by atoms with E-state index in [0.29, 0.717) is 16.5 Å². The number of hydrogen-bond donors (Lipinski definition) is 1. The molecule has 0 bridgehead atoms. The summed E-state index contributed by atoms with van der Waals surface area (Å²) in [6.07, 6.45) is 1.50. The van der Waals surface area contributed by atoms with E-state index in [1.165, 1.54) is 6.33 Å². The molecule has 0 aliphatic rings. The fourth-order valence-corrected chi connectivity index (χ4v) is 2.55. The fourth-order valence-electron chi connectivity index (χ4n) is 2.32. The van der Waals surface area contributed by atoms with E-state index in [4.69, 9.17) is 16.3 Å². The molecule has 0 fully saturated rings. The predicted octanol–water partition coefficient (Wildman–Crippen LogP) is 2.95. The highest BCUT2D eigenvalue weighted by Gasteiger charge is 2.09. The summed E-state index contributed by atoms with van der Waals surface area (Å²) in [7, 11) is 0. The molecule has 1 amide bonds. The third kappa shape index (κ3) is 4.13. The molecule has 3 aromatic rings. The maximum Gasteiger partial charge on any atom is 0.262 e. The van der Waals surface area contributed by atoms with Crippen LogP contribution in [0.5, 0.6) is 5.75 Å². The molecule has 25 heavy (non-hydrogen) atoms. The van der Waals surface area contributed by atoms with Crippen LogP contribution in [-0.2, 0) is 4.79 Å². The number of rotatable bonds is 5. The normalized spacial score (nSPS) is 10.5. The van der Waals surface area contributed by atoms with Gasteiger partial charge in [-0.25, -0.2) is 4.68 Å². The Kier molecular flexibility index (Phi) is 4.95. The first-order valence-corrected chi connectivity index (χ1v) is 7.93. The Hall–Kier alpha value is -2.93. The first kappa shape index (κ1) is 16.9. The lowest BCUT2D eigenvalue weighted by Crippen LogP contribution is -2.20. The molecule has 1 N–H and O–H groups in total. The Morgan fingerprint density at radius 3 is 2.76 bits per heavy atom. The molecule has 0 aliphatic heterocycles. The zero-order valence-corrected chi connectivity index (χ0v) is 14.5. The SMILES string of the molecule is Cc1cc(Cl)ccc1OCC(=O)Nc1ccc(C)c(-n2cnnn2)c1. The zero-order valence-electron chi connectivity index (χ0n) is 13.7. The molecule has 7 nitrogen and oxygen atoms in total. The second-order valence-electron chi connectivity index (χ2n) is 5.50. The molecular formula is C17H16ClN5O2. The maximum atomic E-state index is 12.1. The molecule has 0 aliphatic carbocycles. The molecule has 1 heterocycles. The molecular weight excluding hydrogens is 342 g/mol. The first-order valence-electron chi connectivity index (χ1n) is 7.56. The number of aromatic nitrogens is 4. The van der Waals surface area contributed by atoms with Gasteiger partial charge in [-0.2, -0.15) is 0 Å². The number of anilines is 1. The second kappa shape index (κ2) is 7.31. The van der Waals surface area contributed by atoms with Crippen LogP contribution < -0.4 is 10.1 Å². The topological polar surface area (TPSA) is 81.9 Å². The molecule has 3 rings (SSSR count). The van der Waals surface area contributed by atoms with Crippen molar-refractivity contribution in [3.05, 3.63) is 58.9 Å². The minimum absolute atomic E-state index is 0.101. The van der Waals surface area contributed by atoms with Gasteiger partial charge in [0, 0.05) is 10.7 Å². The van der Waals surface area contributed by atoms with Gasteiger partial charge in [0.1, 0.15) is 12.1 Å². The molecule has 0 saturated carbocycles. The van der Waals surface area contributed by atoms with Crippen LogP contribution in [0.3, 0.4) is 0 Å². The van der Waals surface area contributed by atoms with Gasteiger partial charge in [0.25, 0.3) is 5.91 Å². The van der Waals surface area contributed by atoms with Gasteiger partial charge in [-0.05, 0) is 65.7 Å². The molecule has 0 radical (unpaired) electrons. The van der Waals surface area contributed by atoms with Gasteiger partial charge in [-0.1, -0.05) is 17.7 Å². The predicted molar refractivity (Wildman–Crippen MR) is 94.2 cm³/mol. The summed E-state index contributed by atoms with van der Waals surface area (Å²) in [4.78, 5) is 12.1. The summed E-state index contributed by atoms with van der Waals surface area (Å²) in [5.74, 6) is 0.360. The smallest absolute Gasteiger partial charge is 0.262 e. The van der Waals surface area contributed by atoms with Crippen molar-refractivity contribution in [3.8, 4) is 11.4 Å². The summed E-state index contributed by atoms with van der Waals surface area (Å²) in [5.41, 5.74) is 3.28. The van der Waals surface area contributed by atoms with Crippen molar-refractivity contribution in [1.29, 1.82) is 0 Å². The van der Waals surface area contributed by atoms with Crippen LogP contribution in [0.25, 0.3) is 5.69 Å². The van der Waals surface area contributed by atoms with Crippen molar-refractivity contribution in [2.45, 2.75) is 13.8 Å². The Morgan fingerprint density at radius 2 is 2.04 bits per heavy atom. The van der Waals surface area contributed by atoms with E-state index < -0.39 is 0 Å². The quantitative estimate of drug-likeness (QED) is 0.759. The summed E-state index contributed by atoms with van der Waals surface area (Å²) >= 11 is 5.91. The van der Waals surface area contributed by atoms with Crippen molar-refractivity contribution in [2.75, 3.05) is 11.9 Å². The van der Waals surface area contributed by atoms with Crippen molar-refractivity contribution in [1.82, 2.24) is 20.2 Å². The molecule has 0 spiro atoms. The molecule has 128 valence electrons. The summed E-state index contributed by atoms with van der Waals surface area (Å²) in [5, 5.41) is 14.5. The van der Waals surface area contributed by atoms with Gasteiger partial charge in [0.15, 0.2) is 6.61 Å². The van der Waals surface area contributed by atoms with Gasteiger partial charge in [0.05, 0.1) is 5.69 Å². The number of nitrogens with zero attached hydrogens (tertiary/aromatic N) is 4. The van der Waals surface area contributed by atoms with Crippen LogP contribution in [0, 0.1) is 13.8 Å². The summed E-state index contributed by atoms with van der Waals surface area (Å²) < 4.78 is 7.08. The Morgan fingerprint density at radius 1 is 1.20 bits per heavy atom. The number of amides is 1. The largest absolute Gasteiger partial charge is 0.483 e. The summed E-state index contributed by atoms with van der Waals surface area (Å²) in [6, 6.07) is 10.8. The second-order valence-corrected chi connectivity index (χ2v) is 5.94. The van der Waals surface area contributed by atoms with E-state index >= 15 is 0 Å². The lowest BCUT2D eigenvalue weighted by molar-refractivity contribution is -0.118. The van der Waals surface area contributed by atoms with E-state index in [1.807, 2.05) is 26.0 Å². The third-order valence-corrected chi connectivity index (χ3v) is 3.82. The van der Waals surface area contributed by atoms with Gasteiger partial charge < -0.3 is 10.1 Å². The minimum atomic E-state index is -0.263. The highest BCUT2D eigenvalue weighted by molar-refractivity contribution is 6.30. The highest BCUT2D eigenvalue weighted by Crippen LogP contribution is 2.22. The van der Waals surface area contributed by atoms with Gasteiger partial charge in [-0.15, -0.1) is 5.10 Å². The first-order chi connectivity index (χ1) is 12.0. The summed E-state index contributed by atoms with van der Waals surface area (Å²) in [6.45, 7) is 3.71. The fraction of sp³-hybridized carbons (Fsp3) is 0.176. The average molecular weight is 358 g/mol. The molecule has 2 aromatic carbocycles. The van der Waals surface area contributed by atoms with Crippen molar-refractivity contribution < 1.29 is 9.53 Å². The maximum absolute atomic E-state index is 12.1. The van der Waals surface area contributed by atoms with Crippen molar-refractivity contribution in [3.63, 3.8) is 0 Å². The van der Waals surface area contributed by atoms with E-state index in [1.54, 1.807) is 28.9 Å². The Bertz CT molecular complexity index is 896. The number of halogens is 1. The number of carbonyl (C=O) groups excluding carboxylic acids is 1. The van der Waals surface area contributed by atoms with E-state index in [9.17, 15) is 4.79 Å². The number of hydrogen-bond acceptors (Lipinski definition) is 5. The number of tetrazole rings is 1. The zero-order chi connectivity index (χ0) is 17.8. The van der Waals surface area contributed by atoms with Crippen LogP contribution in [0.2, 0.25) is 5.02 Å². The van der Waals surface area contributed by atoms with Crippen molar-refractivity contribution in [2.24, 2.45) is 0 Å². The molecule has 0 atom stereocenters. The Labute approximate surface area is 149 Å².